The highest BCUT2D eigenvalue weighted by Crippen LogP contribution is 2.22. The van der Waals surface area contributed by atoms with E-state index in [1.165, 1.54) is 12.1 Å². The standard InChI is InChI=1S/C11H8Cl2FN3/c1-6-15-10(13)5-11(16-6)17-7-2-3-8(12)9(14)4-7/h2-5H,1H3,(H,15,16,17). The summed E-state index contributed by atoms with van der Waals surface area (Å²) in [5.74, 6) is 0.548. The van der Waals surface area contributed by atoms with E-state index in [1.807, 2.05) is 0 Å². The Labute approximate surface area is 108 Å². The van der Waals surface area contributed by atoms with E-state index in [4.69, 9.17) is 23.2 Å². The minimum Gasteiger partial charge on any atom is -0.340 e. The maximum atomic E-state index is 13.2. The van der Waals surface area contributed by atoms with Crippen molar-refractivity contribution in [2.45, 2.75) is 6.92 Å². The van der Waals surface area contributed by atoms with Crippen molar-refractivity contribution in [1.29, 1.82) is 0 Å². The molecule has 0 unspecified atom stereocenters. The van der Waals surface area contributed by atoms with E-state index in [0.717, 1.165) is 0 Å². The monoisotopic (exact) mass is 271 g/mol. The first-order valence-electron chi connectivity index (χ1n) is 4.78. The van der Waals surface area contributed by atoms with Gasteiger partial charge in [0.1, 0.15) is 22.6 Å². The summed E-state index contributed by atoms with van der Waals surface area (Å²) < 4.78 is 13.2. The smallest absolute Gasteiger partial charge is 0.143 e. The highest BCUT2D eigenvalue weighted by atomic mass is 35.5. The molecule has 1 heterocycles. The van der Waals surface area contributed by atoms with Crippen molar-refractivity contribution in [2.75, 3.05) is 5.32 Å². The molecule has 0 saturated heterocycles. The number of benzene rings is 1. The Morgan fingerprint density at radius 3 is 2.59 bits per heavy atom. The molecule has 2 aromatic rings. The molecular weight excluding hydrogens is 264 g/mol. The van der Waals surface area contributed by atoms with Gasteiger partial charge in [-0.2, -0.15) is 0 Å². The Morgan fingerprint density at radius 1 is 1.18 bits per heavy atom. The molecule has 0 saturated carbocycles. The molecule has 0 amide bonds. The van der Waals surface area contributed by atoms with Gasteiger partial charge in [0.15, 0.2) is 0 Å². The van der Waals surface area contributed by atoms with Crippen LogP contribution in [0.2, 0.25) is 10.2 Å². The predicted octanol–water partition coefficient (Wildman–Crippen LogP) is 3.97. The lowest BCUT2D eigenvalue weighted by atomic mass is 10.3. The first-order valence-corrected chi connectivity index (χ1v) is 5.53. The molecule has 0 bridgehead atoms. The molecular formula is C11H8Cl2FN3. The lowest BCUT2D eigenvalue weighted by Crippen LogP contribution is -1.97. The molecule has 17 heavy (non-hydrogen) atoms. The van der Waals surface area contributed by atoms with Crippen LogP contribution in [0.5, 0.6) is 0 Å². The second-order valence-corrected chi connectivity index (χ2v) is 4.17. The van der Waals surface area contributed by atoms with Gasteiger partial charge in [-0.05, 0) is 25.1 Å². The molecule has 2 rings (SSSR count). The van der Waals surface area contributed by atoms with Crippen molar-refractivity contribution in [2.24, 2.45) is 0 Å². The first kappa shape index (κ1) is 12.1. The largest absolute Gasteiger partial charge is 0.340 e. The van der Waals surface area contributed by atoms with Crippen LogP contribution in [0.3, 0.4) is 0 Å². The van der Waals surface area contributed by atoms with Crippen LogP contribution in [0, 0.1) is 12.7 Å². The highest BCUT2D eigenvalue weighted by molar-refractivity contribution is 6.30. The van der Waals surface area contributed by atoms with Crippen LogP contribution < -0.4 is 5.32 Å². The van der Waals surface area contributed by atoms with Crippen molar-refractivity contribution in [1.82, 2.24) is 9.97 Å². The number of anilines is 2. The summed E-state index contributed by atoms with van der Waals surface area (Å²) in [6.45, 7) is 1.72. The number of aromatic nitrogens is 2. The molecule has 0 aliphatic heterocycles. The molecule has 0 atom stereocenters. The molecule has 3 nitrogen and oxygen atoms in total. The Bertz CT molecular complexity index is 540. The quantitative estimate of drug-likeness (QED) is 0.840. The number of rotatable bonds is 2. The summed E-state index contributed by atoms with van der Waals surface area (Å²) in [6.07, 6.45) is 0. The first-order chi connectivity index (χ1) is 8.04. The molecule has 6 heteroatoms. The number of hydrogen-bond acceptors (Lipinski definition) is 3. The Hall–Kier alpha value is -1.39. The zero-order valence-corrected chi connectivity index (χ0v) is 10.3. The van der Waals surface area contributed by atoms with Gasteiger partial charge in [0.25, 0.3) is 0 Å². The minimum atomic E-state index is -0.492. The van der Waals surface area contributed by atoms with Gasteiger partial charge in [0.05, 0.1) is 5.02 Å². The molecule has 0 aliphatic carbocycles. The van der Waals surface area contributed by atoms with E-state index in [2.05, 4.69) is 15.3 Å². The summed E-state index contributed by atoms with van der Waals surface area (Å²) in [5, 5.41) is 3.32. The lowest BCUT2D eigenvalue weighted by molar-refractivity contribution is 0.629. The molecule has 1 N–H and O–H groups in total. The lowest BCUT2D eigenvalue weighted by Gasteiger charge is -2.07. The second kappa shape index (κ2) is 4.85. The number of hydrogen-bond donors (Lipinski definition) is 1. The fourth-order valence-electron chi connectivity index (χ4n) is 1.32. The van der Waals surface area contributed by atoms with Crippen LogP contribution in [0.25, 0.3) is 0 Å². The maximum Gasteiger partial charge on any atom is 0.143 e. The van der Waals surface area contributed by atoms with Crippen LogP contribution in [0.4, 0.5) is 15.9 Å². The number of nitrogens with one attached hydrogen (secondary N) is 1. The molecule has 0 fully saturated rings. The average Bonchev–Trinajstić information content (AvgIpc) is 2.22. The van der Waals surface area contributed by atoms with Gasteiger partial charge in [-0.15, -0.1) is 0 Å². The zero-order valence-electron chi connectivity index (χ0n) is 8.84. The van der Waals surface area contributed by atoms with Gasteiger partial charge in [-0.1, -0.05) is 23.2 Å². The maximum absolute atomic E-state index is 13.2. The van der Waals surface area contributed by atoms with Gasteiger partial charge in [0, 0.05) is 11.8 Å². The SMILES string of the molecule is Cc1nc(Cl)cc(Nc2ccc(Cl)c(F)c2)n1. The Kier molecular flexibility index (Phi) is 3.45. The van der Waals surface area contributed by atoms with Crippen LogP contribution >= 0.6 is 23.2 Å². The number of nitrogens with zero attached hydrogens (tertiary/aromatic N) is 2. The van der Waals surface area contributed by atoms with Crippen molar-refractivity contribution in [3.8, 4) is 0 Å². The molecule has 0 spiro atoms. The molecule has 88 valence electrons. The van der Waals surface area contributed by atoms with Crippen LogP contribution in [0.15, 0.2) is 24.3 Å². The van der Waals surface area contributed by atoms with E-state index in [-0.39, 0.29) is 5.02 Å². The average molecular weight is 272 g/mol. The normalized spacial score (nSPS) is 10.4. The van der Waals surface area contributed by atoms with Crippen LogP contribution in [-0.2, 0) is 0 Å². The zero-order chi connectivity index (χ0) is 12.4. The van der Waals surface area contributed by atoms with Gasteiger partial charge < -0.3 is 5.32 Å². The molecule has 1 aromatic heterocycles. The number of aryl methyl sites for hydroxylation is 1. The third-order valence-electron chi connectivity index (χ3n) is 2.00. The Balaban J connectivity index is 2.28. The predicted molar refractivity (Wildman–Crippen MR) is 66.5 cm³/mol. The van der Waals surface area contributed by atoms with Crippen LogP contribution in [0.1, 0.15) is 5.82 Å². The molecule has 0 radical (unpaired) electrons. The second-order valence-electron chi connectivity index (χ2n) is 3.38. The summed E-state index contributed by atoms with van der Waals surface area (Å²) in [6, 6.07) is 5.96. The number of halogens is 3. The van der Waals surface area contributed by atoms with E-state index >= 15 is 0 Å². The minimum absolute atomic E-state index is 0.0763. The van der Waals surface area contributed by atoms with E-state index in [9.17, 15) is 4.39 Å². The topological polar surface area (TPSA) is 37.8 Å². The van der Waals surface area contributed by atoms with Crippen molar-refractivity contribution in [3.63, 3.8) is 0 Å². The molecule has 1 aromatic carbocycles. The van der Waals surface area contributed by atoms with Gasteiger partial charge >= 0.3 is 0 Å². The Morgan fingerprint density at radius 2 is 1.94 bits per heavy atom. The van der Waals surface area contributed by atoms with Crippen LogP contribution in [-0.4, -0.2) is 9.97 Å². The fraction of sp³-hybridized carbons (Fsp3) is 0.0909. The summed E-state index contributed by atoms with van der Waals surface area (Å²) >= 11 is 11.4. The van der Waals surface area contributed by atoms with Gasteiger partial charge in [-0.25, -0.2) is 14.4 Å². The molecule has 0 aliphatic rings. The van der Waals surface area contributed by atoms with E-state index in [0.29, 0.717) is 22.5 Å². The van der Waals surface area contributed by atoms with Gasteiger partial charge in [0.2, 0.25) is 0 Å². The third kappa shape index (κ3) is 3.05. The van der Waals surface area contributed by atoms with Crippen molar-refractivity contribution >= 4 is 34.7 Å². The summed E-state index contributed by atoms with van der Waals surface area (Å²) in [5.41, 5.74) is 0.543. The van der Waals surface area contributed by atoms with Crippen molar-refractivity contribution < 1.29 is 4.39 Å². The summed E-state index contributed by atoms with van der Waals surface area (Å²) in [7, 11) is 0. The van der Waals surface area contributed by atoms with E-state index in [1.54, 1.807) is 19.1 Å². The summed E-state index contributed by atoms with van der Waals surface area (Å²) in [4.78, 5) is 8.05. The van der Waals surface area contributed by atoms with Crippen molar-refractivity contribution in [3.05, 3.63) is 46.1 Å². The highest BCUT2D eigenvalue weighted by Gasteiger charge is 2.03. The third-order valence-corrected chi connectivity index (χ3v) is 2.50. The van der Waals surface area contributed by atoms with Gasteiger partial charge in [-0.3, -0.25) is 0 Å². The fourth-order valence-corrected chi connectivity index (χ4v) is 1.66. The van der Waals surface area contributed by atoms with E-state index < -0.39 is 5.82 Å².